The number of rotatable bonds is 8. The second-order valence-corrected chi connectivity index (χ2v) is 7.08. The van der Waals surface area contributed by atoms with Gasteiger partial charge >= 0.3 is 5.97 Å². The average molecular weight is 308 g/mol. The first-order valence-corrected chi connectivity index (χ1v) is 8.21. The first-order chi connectivity index (χ1) is 9.90. The van der Waals surface area contributed by atoms with Crippen molar-refractivity contribution in [3.05, 3.63) is 29.8 Å². The van der Waals surface area contributed by atoms with Gasteiger partial charge in [0.1, 0.15) is 4.75 Å². The molecule has 0 fully saturated rings. The zero-order valence-corrected chi connectivity index (χ0v) is 14.1. The van der Waals surface area contributed by atoms with Gasteiger partial charge in [0.2, 0.25) is 0 Å². The third-order valence-corrected chi connectivity index (χ3v) is 4.26. The van der Waals surface area contributed by atoms with Crippen LogP contribution in [0, 0.1) is 0 Å². The second kappa shape index (κ2) is 8.23. The minimum Gasteiger partial charge on any atom is -0.465 e. The molecule has 4 heteroatoms. The molecule has 21 heavy (non-hydrogen) atoms. The minimum atomic E-state index is -0.635. The second-order valence-electron chi connectivity index (χ2n) is 5.38. The first-order valence-electron chi connectivity index (χ1n) is 7.40. The third-order valence-electron chi connectivity index (χ3n) is 3.07. The molecule has 0 aliphatic heterocycles. The standard InChI is InChI=1S/C17H24O3S/c1-5-7-8-15(18)13-9-11-14(12-10-13)21-17(3,4)16(19)20-6-2/h9-12H,5-8H2,1-4H3. The van der Waals surface area contributed by atoms with Crippen LogP contribution >= 0.6 is 11.8 Å². The summed E-state index contributed by atoms with van der Waals surface area (Å²) in [5.74, 6) is -0.0452. The van der Waals surface area contributed by atoms with E-state index in [0.717, 1.165) is 23.3 Å². The Balaban J connectivity index is 2.70. The van der Waals surface area contributed by atoms with Crippen molar-refractivity contribution in [2.75, 3.05) is 6.61 Å². The number of esters is 1. The Morgan fingerprint density at radius 1 is 1.14 bits per heavy atom. The Bertz CT molecular complexity index is 477. The molecule has 0 radical (unpaired) electrons. The predicted octanol–water partition coefficient (Wildman–Crippen LogP) is 4.49. The average Bonchev–Trinajstić information content (AvgIpc) is 2.45. The molecule has 0 aliphatic carbocycles. The van der Waals surface area contributed by atoms with Gasteiger partial charge < -0.3 is 4.74 Å². The van der Waals surface area contributed by atoms with Crippen molar-refractivity contribution in [2.24, 2.45) is 0 Å². The number of hydrogen-bond donors (Lipinski definition) is 0. The largest absolute Gasteiger partial charge is 0.465 e. The van der Waals surface area contributed by atoms with E-state index in [0.29, 0.717) is 13.0 Å². The summed E-state index contributed by atoms with van der Waals surface area (Å²) in [6.45, 7) is 7.94. The maximum absolute atomic E-state index is 11.9. The van der Waals surface area contributed by atoms with Crippen LogP contribution in [0.15, 0.2) is 29.2 Å². The monoisotopic (exact) mass is 308 g/mol. The van der Waals surface area contributed by atoms with Crippen LogP contribution < -0.4 is 0 Å². The van der Waals surface area contributed by atoms with Crippen molar-refractivity contribution >= 4 is 23.5 Å². The van der Waals surface area contributed by atoms with E-state index in [2.05, 4.69) is 6.92 Å². The Morgan fingerprint density at radius 2 is 1.76 bits per heavy atom. The van der Waals surface area contributed by atoms with Crippen LogP contribution in [0.2, 0.25) is 0 Å². The van der Waals surface area contributed by atoms with Crippen molar-refractivity contribution in [3.8, 4) is 0 Å². The van der Waals surface area contributed by atoms with Crippen LogP contribution in [-0.4, -0.2) is 23.1 Å². The summed E-state index contributed by atoms with van der Waals surface area (Å²) in [6, 6.07) is 7.46. The molecular weight excluding hydrogens is 284 g/mol. The topological polar surface area (TPSA) is 43.4 Å². The van der Waals surface area contributed by atoms with Crippen molar-refractivity contribution in [1.29, 1.82) is 0 Å². The lowest BCUT2D eigenvalue weighted by atomic mass is 10.1. The predicted molar refractivity (Wildman–Crippen MR) is 86.9 cm³/mol. The molecule has 1 aromatic carbocycles. The third kappa shape index (κ3) is 5.54. The number of carbonyl (C=O) groups excluding carboxylic acids is 2. The van der Waals surface area contributed by atoms with Crippen LogP contribution in [0.3, 0.4) is 0 Å². The molecule has 0 aromatic heterocycles. The van der Waals surface area contributed by atoms with Crippen LogP contribution in [0.25, 0.3) is 0 Å². The van der Waals surface area contributed by atoms with Gasteiger partial charge in [0.25, 0.3) is 0 Å². The van der Waals surface area contributed by atoms with Crippen LogP contribution in [0.1, 0.15) is 57.3 Å². The van der Waals surface area contributed by atoms with Crippen LogP contribution in [0.5, 0.6) is 0 Å². The molecule has 0 aliphatic rings. The van der Waals surface area contributed by atoms with Crippen LogP contribution in [0.4, 0.5) is 0 Å². The number of thioether (sulfide) groups is 1. The summed E-state index contributed by atoms with van der Waals surface area (Å²) in [5.41, 5.74) is 0.738. The summed E-state index contributed by atoms with van der Waals surface area (Å²) in [4.78, 5) is 24.7. The molecule has 0 heterocycles. The van der Waals surface area contributed by atoms with Gasteiger partial charge in [0, 0.05) is 16.9 Å². The van der Waals surface area contributed by atoms with E-state index in [1.807, 2.05) is 38.1 Å². The molecule has 3 nitrogen and oxygen atoms in total. The fourth-order valence-electron chi connectivity index (χ4n) is 1.83. The van der Waals surface area contributed by atoms with E-state index in [-0.39, 0.29) is 11.8 Å². The zero-order chi connectivity index (χ0) is 15.9. The maximum Gasteiger partial charge on any atom is 0.321 e. The quantitative estimate of drug-likeness (QED) is 0.403. The minimum absolute atomic E-state index is 0.179. The van der Waals surface area contributed by atoms with E-state index in [1.54, 1.807) is 6.92 Å². The van der Waals surface area contributed by atoms with Gasteiger partial charge in [0.05, 0.1) is 6.61 Å². The number of carbonyl (C=O) groups is 2. The van der Waals surface area contributed by atoms with Crippen molar-refractivity contribution in [1.82, 2.24) is 0 Å². The highest BCUT2D eigenvalue weighted by Crippen LogP contribution is 2.33. The molecule has 0 spiro atoms. The summed E-state index contributed by atoms with van der Waals surface area (Å²) in [7, 11) is 0. The Morgan fingerprint density at radius 3 is 2.29 bits per heavy atom. The van der Waals surface area contributed by atoms with Gasteiger partial charge in [-0.1, -0.05) is 25.5 Å². The highest BCUT2D eigenvalue weighted by atomic mass is 32.2. The highest BCUT2D eigenvalue weighted by Gasteiger charge is 2.30. The molecule has 0 saturated carbocycles. The molecule has 0 N–H and O–H groups in total. The number of ketones is 1. The van der Waals surface area contributed by atoms with E-state index in [4.69, 9.17) is 4.74 Å². The lowest BCUT2D eigenvalue weighted by molar-refractivity contribution is -0.145. The van der Waals surface area contributed by atoms with Crippen molar-refractivity contribution in [2.45, 2.75) is 56.6 Å². The maximum atomic E-state index is 11.9. The van der Waals surface area contributed by atoms with Crippen molar-refractivity contribution < 1.29 is 14.3 Å². The fourth-order valence-corrected chi connectivity index (χ4v) is 2.84. The normalized spacial score (nSPS) is 11.2. The summed E-state index contributed by atoms with van der Waals surface area (Å²) in [6.07, 6.45) is 2.54. The van der Waals surface area contributed by atoms with Crippen molar-refractivity contribution in [3.63, 3.8) is 0 Å². The van der Waals surface area contributed by atoms with Gasteiger partial charge in [0.15, 0.2) is 5.78 Å². The Hall–Kier alpha value is -1.29. The molecule has 116 valence electrons. The molecule has 0 atom stereocenters. The number of benzene rings is 1. The van der Waals surface area contributed by atoms with E-state index < -0.39 is 4.75 Å². The highest BCUT2D eigenvalue weighted by molar-refractivity contribution is 8.01. The van der Waals surface area contributed by atoms with E-state index >= 15 is 0 Å². The smallest absolute Gasteiger partial charge is 0.321 e. The lowest BCUT2D eigenvalue weighted by Crippen LogP contribution is -2.29. The van der Waals surface area contributed by atoms with Crippen LogP contribution in [-0.2, 0) is 9.53 Å². The number of unbranched alkanes of at least 4 members (excludes halogenated alkanes) is 1. The molecule has 1 aromatic rings. The molecular formula is C17H24O3S. The lowest BCUT2D eigenvalue weighted by Gasteiger charge is -2.21. The summed E-state index contributed by atoms with van der Waals surface area (Å²) < 4.78 is 4.44. The number of hydrogen-bond acceptors (Lipinski definition) is 4. The Labute approximate surface area is 131 Å². The van der Waals surface area contributed by atoms with Gasteiger partial charge in [-0.05, 0) is 39.3 Å². The summed E-state index contributed by atoms with van der Waals surface area (Å²) in [5, 5.41) is 0. The SMILES string of the molecule is CCCCC(=O)c1ccc(SC(C)(C)C(=O)OCC)cc1. The number of Topliss-reactive ketones (excluding diaryl/α,β-unsaturated/α-hetero) is 1. The molecule has 0 saturated heterocycles. The number of ether oxygens (including phenoxy) is 1. The van der Waals surface area contributed by atoms with E-state index in [1.165, 1.54) is 11.8 Å². The summed E-state index contributed by atoms with van der Waals surface area (Å²) >= 11 is 1.45. The molecule has 1 rings (SSSR count). The van der Waals surface area contributed by atoms with Gasteiger partial charge in [-0.15, -0.1) is 11.8 Å². The zero-order valence-electron chi connectivity index (χ0n) is 13.3. The van der Waals surface area contributed by atoms with Gasteiger partial charge in [-0.25, -0.2) is 0 Å². The van der Waals surface area contributed by atoms with Gasteiger partial charge in [-0.2, -0.15) is 0 Å². The van der Waals surface area contributed by atoms with Gasteiger partial charge in [-0.3, -0.25) is 9.59 Å². The molecule has 0 unspecified atom stereocenters. The van der Waals surface area contributed by atoms with E-state index in [9.17, 15) is 9.59 Å². The fraction of sp³-hybridized carbons (Fsp3) is 0.529. The first kappa shape index (κ1) is 17.8. The Kier molecular flexibility index (Phi) is 6.96. The molecule has 0 amide bonds. The molecule has 0 bridgehead atoms.